The lowest BCUT2D eigenvalue weighted by Gasteiger charge is -2.26. The Bertz CT molecular complexity index is 2690. The number of rotatable bonds is 6. The molecule has 0 saturated heterocycles. The second-order valence-corrected chi connectivity index (χ2v) is 21.0. The molecule has 312 valence electrons. The molecule has 2 heterocycles. The van der Waals surface area contributed by atoms with Gasteiger partial charge in [-0.25, -0.2) is 0 Å². The molecule has 0 unspecified atom stereocenters. The van der Waals surface area contributed by atoms with E-state index in [-0.39, 0.29) is 33.2 Å². The van der Waals surface area contributed by atoms with Crippen molar-refractivity contribution in [3.63, 3.8) is 0 Å². The Balaban J connectivity index is 1.16. The Hall–Kier alpha value is -6.14. The number of nitrogens with zero attached hydrogens (tertiary/aromatic N) is 4. The molecule has 0 atom stereocenters. The summed E-state index contributed by atoms with van der Waals surface area (Å²) < 4.78 is 8.56. The van der Waals surface area contributed by atoms with Crippen LogP contribution in [0.15, 0.2) is 134 Å². The lowest BCUT2D eigenvalue weighted by molar-refractivity contribution is -0.890. The van der Waals surface area contributed by atoms with E-state index in [4.69, 9.17) is 0 Å². The zero-order valence-corrected chi connectivity index (χ0v) is 38.1. The molecule has 6 nitrogen and oxygen atoms in total. The van der Waals surface area contributed by atoms with Crippen molar-refractivity contribution in [3.05, 3.63) is 156 Å². The smallest absolute Gasteiger partial charge is 0.253 e. The standard InChI is InChI=1S/C55H60N4O2/c1-52(2,3)40-25-38(26-41(31-40)53(4,5)6)36-21-23-48(50(60)29-36)58-34-56(44-17-13-15-19-46(44)58)33-57-35-59(47-20-16-14-18-45(47)57)49-24-22-37(30-51(49)61)39-27-42(54(7,8)9)32-43(28-39)55(10,11)12/h13-32,34-35H,33H2,1-12H3/p+2. The highest BCUT2D eigenvalue weighted by atomic mass is 16.3. The molecule has 0 bridgehead atoms. The predicted octanol–water partition coefficient (Wildman–Crippen LogP) is 12.6. The molecule has 0 saturated carbocycles. The van der Waals surface area contributed by atoms with Gasteiger partial charge in [0.1, 0.15) is 0 Å². The van der Waals surface area contributed by atoms with Gasteiger partial charge in [0.25, 0.3) is 12.7 Å². The summed E-state index contributed by atoms with van der Waals surface area (Å²) in [5, 5.41) is 23.5. The van der Waals surface area contributed by atoms with Gasteiger partial charge in [0.15, 0.2) is 44.9 Å². The molecule has 6 heteroatoms. The minimum absolute atomic E-state index is 0.0130. The number of phenolic OH excluding ortho intramolecular Hbond substituents is 2. The average Bonchev–Trinajstić information content (AvgIpc) is 3.74. The van der Waals surface area contributed by atoms with E-state index in [2.05, 4.69) is 199 Å². The second-order valence-electron chi connectivity index (χ2n) is 21.0. The summed E-state index contributed by atoms with van der Waals surface area (Å²) in [6.45, 7) is 27.5. The fourth-order valence-electron chi connectivity index (χ4n) is 8.26. The molecule has 0 amide bonds. The summed E-state index contributed by atoms with van der Waals surface area (Å²) >= 11 is 0. The predicted molar refractivity (Wildman–Crippen MR) is 251 cm³/mol. The molecule has 0 spiro atoms. The quantitative estimate of drug-likeness (QED) is 0.164. The summed E-state index contributed by atoms with van der Waals surface area (Å²) in [6, 6.07) is 42.4. The van der Waals surface area contributed by atoms with E-state index in [0.717, 1.165) is 44.3 Å². The summed E-state index contributed by atoms with van der Waals surface area (Å²) in [5.74, 6) is 0.429. The Morgan fingerprint density at radius 1 is 0.393 bits per heavy atom. The minimum Gasteiger partial charge on any atom is -0.504 e. The highest BCUT2D eigenvalue weighted by Gasteiger charge is 2.27. The maximum Gasteiger partial charge on any atom is 0.253 e. The van der Waals surface area contributed by atoms with Gasteiger partial charge in [-0.15, -0.1) is 0 Å². The normalized spacial score (nSPS) is 12.8. The Morgan fingerprint density at radius 3 is 1.03 bits per heavy atom. The average molecular weight is 811 g/mol. The van der Waals surface area contributed by atoms with Crippen LogP contribution in [0.5, 0.6) is 11.5 Å². The first kappa shape index (κ1) is 41.6. The van der Waals surface area contributed by atoms with Gasteiger partial charge in [-0.3, -0.25) is 0 Å². The maximum absolute atomic E-state index is 11.7. The van der Waals surface area contributed by atoms with E-state index in [1.165, 1.54) is 22.3 Å². The number of para-hydroxylation sites is 4. The minimum atomic E-state index is -0.0130. The van der Waals surface area contributed by atoms with E-state index >= 15 is 0 Å². The van der Waals surface area contributed by atoms with Crippen LogP contribution in [-0.2, 0) is 28.3 Å². The van der Waals surface area contributed by atoms with Crippen molar-refractivity contribution in [1.82, 2.24) is 9.13 Å². The largest absolute Gasteiger partial charge is 0.504 e. The molecule has 8 aromatic rings. The molecule has 2 aromatic heterocycles. The Kier molecular flexibility index (Phi) is 10.1. The van der Waals surface area contributed by atoms with Gasteiger partial charge in [0.2, 0.25) is 6.67 Å². The third-order valence-electron chi connectivity index (χ3n) is 12.2. The summed E-state index contributed by atoms with van der Waals surface area (Å²) in [7, 11) is 0. The summed E-state index contributed by atoms with van der Waals surface area (Å²) in [6.07, 6.45) is 4.14. The molecule has 0 aliphatic heterocycles. The number of fused-ring (bicyclic) bond motifs is 2. The first-order valence-electron chi connectivity index (χ1n) is 21.5. The SMILES string of the molecule is CC(C)(C)c1cc(-c2ccc(-n3c[n+](C[n+]4cn(-c5ccc(-c6cc(C(C)(C)C)cc(C(C)(C)C)c6)cc5O)c5ccccc54)c4ccccc43)c(O)c2)cc(C(C)(C)C)c1. The summed E-state index contributed by atoms with van der Waals surface area (Å²) in [5.41, 5.74) is 14.7. The highest BCUT2D eigenvalue weighted by molar-refractivity contribution is 5.78. The monoisotopic (exact) mass is 810 g/mol. The van der Waals surface area contributed by atoms with Gasteiger partial charge in [-0.05, 0) is 127 Å². The molecule has 0 aliphatic rings. The van der Waals surface area contributed by atoms with Gasteiger partial charge < -0.3 is 10.2 Å². The van der Waals surface area contributed by atoms with E-state index in [0.29, 0.717) is 18.0 Å². The van der Waals surface area contributed by atoms with Gasteiger partial charge >= 0.3 is 0 Å². The number of phenols is 2. The van der Waals surface area contributed by atoms with E-state index in [1.54, 1.807) is 0 Å². The van der Waals surface area contributed by atoms with Crippen LogP contribution in [0.3, 0.4) is 0 Å². The van der Waals surface area contributed by atoms with E-state index in [9.17, 15) is 10.2 Å². The van der Waals surface area contributed by atoms with Crippen LogP contribution in [0.25, 0.3) is 55.7 Å². The van der Waals surface area contributed by atoms with Crippen molar-refractivity contribution < 1.29 is 19.3 Å². The first-order chi connectivity index (χ1) is 28.6. The number of hydrogen-bond acceptors (Lipinski definition) is 2. The molecular formula is C55H62N4O2+2. The number of hydrogen-bond donors (Lipinski definition) is 2. The second kappa shape index (κ2) is 14.8. The number of aromatic hydroxyl groups is 2. The molecule has 8 rings (SSSR count). The molecule has 2 N–H and O–H groups in total. The Morgan fingerprint density at radius 2 is 0.721 bits per heavy atom. The maximum atomic E-state index is 11.7. The molecule has 0 fully saturated rings. The van der Waals surface area contributed by atoms with Crippen molar-refractivity contribution in [2.75, 3.05) is 0 Å². The van der Waals surface area contributed by atoms with Gasteiger partial charge in [-0.2, -0.15) is 18.3 Å². The number of aromatic nitrogens is 4. The molecule has 0 aliphatic carbocycles. The Labute approximate surface area is 362 Å². The van der Waals surface area contributed by atoms with Crippen LogP contribution in [0.1, 0.15) is 105 Å². The molecule has 61 heavy (non-hydrogen) atoms. The third-order valence-corrected chi connectivity index (χ3v) is 12.2. The fourth-order valence-corrected chi connectivity index (χ4v) is 8.26. The van der Waals surface area contributed by atoms with Gasteiger partial charge in [-0.1, -0.05) is 144 Å². The van der Waals surface area contributed by atoms with Gasteiger partial charge in [0.05, 0.1) is 0 Å². The molecule has 0 radical (unpaired) electrons. The lowest BCUT2D eigenvalue weighted by atomic mass is 9.79. The number of imidazole rings is 2. The van der Waals surface area contributed by atoms with Crippen LogP contribution in [0.2, 0.25) is 0 Å². The first-order valence-corrected chi connectivity index (χ1v) is 21.5. The van der Waals surface area contributed by atoms with E-state index in [1.807, 2.05) is 36.4 Å². The van der Waals surface area contributed by atoms with Crippen LogP contribution < -0.4 is 9.13 Å². The van der Waals surface area contributed by atoms with Crippen molar-refractivity contribution in [2.45, 2.75) is 111 Å². The summed E-state index contributed by atoms with van der Waals surface area (Å²) in [4.78, 5) is 0. The van der Waals surface area contributed by atoms with Gasteiger partial charge in [0, 0.05) is 0 Å². The van der Waals surface area contributed by atoms with Crippen molar-refractivity contribution >= 4 is 22.1 Å². The van der Waals surface area contributed by atoms with Crippen LogP contribution in [0, 0.1) is 0 Å². The zero-order valence-electron chi connectivity index (χ0n) is 38.1. The molecular weight excluding hydrogens is 749 g/mol. The number of benzene rings is 6. The van der Waals surface area contributed by atoms with Crippen molar-refractivity contribution in [3.8, 4) is 45.1 Å². The zero-order chi connectivity index (χ0) is 43.8. The van der Waals surface area contributed by atoms with E-state index < -0.39 is 0 Å². The lowest BCUT2D eigenvalue weighted by Crippen LogP contribution is -2.50. The van der Waals surface area contributed by atoms with Crippen LogP contribution in [0.4, 0.5) is 0 Å². The fraction of sp³-hybridized carbons (Fsp3) is 0.309. The topological polar surface area (TPSA) is 58.1 Å². The molecule has 6 aromatic carbocycles. The van der Waals surface area contributed by atoms with Crippen molar-refractivity contribution in [2.24, 2.45) is 0 Å². The van der Waals surface area contributed by atoms with Crippen molar-refractivity contribution in [1.29, 1.82) is 0 Å². The highest BCUT2D eigenvalue weighted by Crippen LogP contribution is 2.38. The van der Waals surface area contributed by atoms with Crippen LogP contribution >= 0.6 is 0 Å². The van der Waals surface area contributed by atoms with Crippen LogP contribution in [-0.4, -0.2) is 19.3 Å². The third kappa shape index (κ3) is 8.08.